The number of aromatic nitrogens is 1. The van der Waals surface area contributed by atoms with E-state index in [1.807, 2.05) is 25.1 Å². The van der Waals surface area contributed by atoms with Crippen LogP contribution in [0.1, 0.15) is 11.1 Å². The summed E-state index contributed by atoms with van der Waals surface area (Å²) in [4.78, 5) is 3.97. The summed E-state index contributed by atoms with van der Waals surface area (Å²) in [7, 11) is 0. The minimum atomic E-state index is 0.662. The normalized spacial score (nSPS) is 10.2. The van der Waals surface area contributed by atoms with Gasteiger partial charge in [0.15, 0.2) is 0 Å². The van der Waals surface area contributed by atoms with E-state index in [2.05, 4.69) is 10.3 Å². The van der Waals surface area contributed by atoms with E-state index in [0.717, 1.165) is 16.8 Å². The second-order valence-corrected chi connectivity index (χ2v) is 4.30. The van der Waals surface area contributed by atoms with Gasteiger partial charge >= 0.3 is 0 Å². The molecule has 0 aliphatic heterocycles. The number of rotatable bonds is 3. The number of nitrogens with two attached hydrogens (primary N) is 1. The standard InChI is InChI=1S/C13H14ClN3/c1-9-6-13(12(15)7-11(9)14)17-8-10-2-4-16-5-3-10/h2-7,17H,8,15H2,1H3. The molecule has 17 heavy (non-hydrogen) atoms. The van der Waals surface area contributed by atoms with E-state index in [9.17, 15) is 0 Å². The minimum Gasteiger partial charge on any atom is -0.397 e. The molecule has 0 saturated heterocycles. The van der Waals surface area contributed by atoms with Crippen LogP contribution in [-0.2, 0) is 6.54 Å². The lowest BCUT2D eigenvalue weighted by Crippen LogP contribution is -2.03. The summed E-state index contributed by atoms with van der Waals surface area (Å²) < 4.78 is 0. The molecule has 0 aliphatic rings. The van der Waals surface area contributed by atoms with Gasteiger partial charge in [0, 0.05) is 24.0 Å². The van der Waals surface area contributed by atoms with Crippen LogP contribution in [0, 0.1) is 6.92 Å². The fourth-order valence-corrected chi connectivity index (χ4v) is 1.72. The topological polar surface area (TPSA) is 50.9 Å². The Bertz CT molecular complexity index is 512. The van der Waals surface area contributed by atoms with Gasteiger partial charge in [-0.25, -0.2) is 0 Å². The number of nitrogen functional groups attached to an aromatic ring is 1. The molecule has 1 aromatic heterocycles. The third-order valence-electron chi connectivity index (χ3n) is 2.56. The highest BCUT2D eigenvalue weighted by Crippen LogP contribution is 2.26. The van der Waals surface area contributed by atoms with Crippen LogP contribution in [-0.4, -0.2) is 4.98 Å². The van der Waals surface area contributed by atoms with Crippen molar-refractivity contribution in [3.63, 3.8) is 0 Å². The van der Waals surface area contributed by atoms with Crippen molar-refractivity contribution in [1.29, 1.82) is 0 Å². The fourth-order valence-electron chi connectivity index (χ4n) is 1.55. The van der Waals surface area contributed by atoms with Crippen molar-refractivity contribution in [3.8, 4) is 0 Å². The molecule has 0 saturated carbocycles. The average molecular weight is 248 g/mol. The lowest BCUT2D eigenvalue weighted by atomic mass is 10.2. The molecular weight excluding hydrogens is 234 g/mol. The van der Waals surface area contributed by atoms with E-state index < -0.39 is 0 Å². The quantitative estimate of drug-likeness (QED) is 0.819. The van der Waals surface area contributed by atoms with Gasteiger partial charge in [0.25, 0.3) is 0 Å². The van der Waals surface area contributed by atoms with Crippen molar-refractivity contribution < 1.29 is 0 Å². The second kappa shape index (κ2) is 5.06. The number of nitrogens with zero attached hydrogens (tertiary/aromatic N) is 1. The highest BCUT2D eigenvalue weighted by molar-refractivity contribution is 6.31. The van der Waals surface area contributed by atoms with Gasteiger partial charge in [0.1, 0.15) is 0 Å². The molecule has 0 bridgehead atoms. The number of aryl methyl sites for hydroxylation is 1. The highest BCUT2D eigenvalue weighted by atomic mass is 35.5. The zero-order valence-electron chi connectivity index (χ0n) is 9.57. The predicted octanol–water partition coefficient (Wildman–Crippen LogP) is 3.24. The molecule has 2 rings (SSSR count). The summed E-state index contributed by atoms with van der Waals surface area (Å²) in [5, 5.41) is 3.98. The first-order valence-corrected chi connectivity index (χ1v) is 5.73. The highest BCUT2D eigenvalue weighted by Gasteiger charge is 2.03. The van der Waals surface area contributed by atoms with E-state index in [4.69, 9.17) is 17.3 Å². The lowest BCUT2D eigenvalue weighted by Gasteiger charge is -2.11. The molecule has 3 nitrogen and oxygen atoms in total. The van der Waals surface area contributed by atoms with Crippen LogP contribution >= 0.6 is 11.6 Å². The monoisotopic (exact) mass is 247 g/mol. The molecule has 1 heterocycles. The molecule has 3 N–H and O–H groups in total. The van der Waals surface area contributed by atoms with Crippen LogP contribution in [0.25, 0.3) is 0 Å². The molecule has 0 aliphatic carbocycles. The van der Waals surface area contributed by atoms with Crippen LogP contribution in [0.15, 0.2) is 36.7 Å². The third kappa shape index (κ3) is 2.88. The Morgan fingerprint density at radius 2 is 2.00 bits per heavy atom. The average Bonchev–Trinajstić information content (AvgIpc) is 2.33. The molecule has 88 valence electrons. The van der Waals surface area contributed by atoms with Crippen molar-refractivity contribution in [2.45, 2.75) is 13.5 Å². The summed E-state index contributed by atoms with van der Waals surface area (Å²) in [6.07, 6.45) is 3.54. The molecule has 1 aromatic carbocycles. The Labute approximate surface area is 106 Å². The van der Waals surface area contributed by atoms with E-state index in [1.165, 1.54) is 0 Å². The number of benzene rings is 1. The predicted molar refractivity (Wildman–Crippen MR) is 72.2 cm³/mol. The maximum atomic E-state index is 5.99. The van der Waals surface area contributed by atoms with Gasteiger partial charge in [0.05, 0.1) is 11.4 Å². The zero-order valence-corrected chi connectivity index (χ0v) is 10.3. The van der Waals surface area contributed by atoms with Gasteiger partial charge in [-0.05, 0) is 42.3 Å². The fraction of sp³-hybridized carbons (Fsp3) is 0.154. The first-order chi connectivity index (χ1) is 8.16. The Morgan fingerprint density at radius 3 is 2.71 bits per heavy atom. The maximum Gasteiger partial charge on any atom is 0.0580 e. The van der Waals surface area contributed by atoms with E-state index >= 15 is 0 Å². The van der Waals surface area contributed by atoms with Gasteiger partial charge in [-0.2, -0.15) is 0 Å². The number of hydrogen-bond donors (Lipinski definition) is 2. The summed E-state index contributed by atoms with van der Waals surface area (Å²) in [5.74, 6) is 0. The van der Waals surface area contributed by atoms with Crippen molar-refractivity contribution in [2.24, 2.45) is 0 Å². The first-order valence-electron chi connectivity index (χ1n) is 5.35. The molecule has 0 atom stereocenters. The summed E-state index contributed by atoms with van der Waals surface area (Å²) in [6.45, 7) is 2.67. The summed E-state index contributed by atoms with van der Waals surface area (Å²) in [5.41, 5.74) is 9.63. The molecule has 0 amide bonds. The van der Waals surface area contributed by atoms with Gasteiger partial charge in [-0.3, -0.25) is 4.98 Å². The van der Waals surface area contributed by atoms with E-state index in [0.29, 0.717) is 17.3 Å². The van der Waals surface area contributed by atoms with Crippen molar-refractivity contribution in [2.75, 3.05) is 11.1 Å². The van der Waals surface area contributed by atoms with Crippen LogP contribution in [0.5, 0.6) is 0 Å². The molecular formula is C13H14ClN3. The number of anilines is 2. The summed E-state index contributed by atoms with van der Waals surface area (Å²) >= 11 is 5.99. The number of pyridine rings is 1. The lowest BCUT2D eigenvalue weighted by molar-refractivity contribution is 1.13. The molecule has 0 spiro atoms. The van der Waals surface area contributed by atoms with Crippen molar-refractivity contribution >= 4 is 23.0 Å². The summed E-state index contributed by atoms with van der Waals surface area (Å²) in [6, 6.07) is 7.66. The first kappa shape index (κ1) is 11.7. The Kier molecular flexibility index (Phi) is 3.49. The second-order valence-electron chi connectivity index (χ2n) is 3.90. The van der Waals surface area contributed by atoms with Crippen LogP contribution < -0.4 is 11.1 Å². The van der Waals surface area contributed by atoms with Gasteiger partial charge in [0.2, 0.25) is 0 Å². The van der Waals surface area contributed by atoms with E-state index in [1.54, 1.807) is 18.5 Å². The van der Waals surface area contributed by atoms with Gasteiger partial charge < -0.3 is 11.1 Å². The number of halogens is 1. The Hall–Kier alpha value is -1.74. The van der Waals surface area contributed by atoms with E-state index in [-0.39, 0.29) is 0 Å². The third-order valence-corrected chi connectivity index (χ3v) is 2.97. The number of nitrogens with one attached hydrogen (secondary N) is 1. The van der Waals surface area contributed by atoms with Gasteiger partial charge in [-0.15, -0.1) is 0 Å². The molecule has 4 heteroatoms. The van der Waals surface area contributed by atoms with Crippen molar-refractivity contribution in [3.05, 3.63) is 52.8 Å². The SMILES string of the molecule is Cc1cc(NCc2ccncc2)c(N)cc1Cl. The zero-order chi connectivity index (χ0) is 12.3. The Balaban J connectivity index is 2.12. The maximum absolute atomic E-state index is 5.99. The van der Waals surface area contributed by atoms with Crippen LogP contribution in [0.3, 0.4) is 0 Å². The molecule has 0 fully saturated rings. The number of hydrogen-bond acceptors (Lipinski definition) is 3. The molecule has 0 radical (unpaired) electrons. The van der Waals surface area contributed by atoms with Crippen LogP contribution in [0.2, 0.25) is 5.02 Å². The van der Waals surface area contributed by atoms with Crippen LogP contribution in [0.4, 0.5) is 11.4 Å². The molecule has 2 aromatic rings. The molecule has 0 unspecified atom stereocenters. The largest absolute Gasteiger partial charge is 0.397 e. The smallest absolute Gasteiger partial charge is 0.0580 e. The van der Waals surface area contributed by atoms with Crippen molar-refractivity contribution in [1.82, 2.24) is 4.98 Å². The minimum absolute atomic E-state index is 0.662. The van der Waals surface area contributed by atoms with Gasteiger partial charge in [-0.1, -0.05) is 11.6 Å². The Morgan fingerprint density at radius 1 is 1.29 bits per heavy atom.